The van der Waals surface area contributed by atoms with Gasteiger partial charge < -0.3 is 10.1 Å². The molecule has 3 heteroatoms. The number of hydrogen-bond donors (Lipinski definition) is 1. The summed E-state index contributed by atoms with van der Waals surface area (Å²) in [4.78, 5) is 12.0. The van der Waals surface area contributed by atoms with Gasteiger partial charge in [-0.05, 0) is 55.2 Å². The second-order valence-electron chi connectivity index (χ2n) is 5.14. The van der Waals surface area contributed by atoms with E-state index in [-0.39, 0.29) is 5.91 Å². The Balaban J connectivity index is 1.91. The SMILES string of the molecule is COc1ccc(CCC(=O)Nc2cccc(C)c2C)cc1. The van der Waals surface area contributed by atoms with Crippen LogP contribution in [0.25, 0.3) is 0 Å². The molecule has 0 bridgehead atoms. The molecule has 0 aliphatic carbocycles. The first-order valence-corrected chi connectivity index (χ1v) is 7.09. The molecule has 3 nitrogen and oxygen atoms in total. The standard InChI is InChI=1S/C18H21NO2/c1-13-5-4-6-17(14(13)2)19-18(20)12-9-15-7-10-16(21-3)11-8-15/h4-8,10-11H,9,12H2,1-3H3,(H,19,20). The van der Waals surface area contributed by atoms with Crippen LogP contribution in [0.15, 0.2) is 42.5 Å². The van der Waals surface area contributed by atoms with Gasteiger partial charge in [0.1, 0.15) is 5.75 Å². The minimum atomic E-state index is 0.0412. The number of amides is 1. The van der Waals surface area contributed by atoms with Crippen LogP contribution >= 0.6 is 0 Å². The van der Waals surface area contributed by atoms with Crippen molar-refractivity contribution in [1.29, 1.82) is 0 Å². The van der Waals surface area contributed by atoms with E-state index in [9.17, 15) is 4.79 Å². The van der Waals surface area contributed by atoms with Gasteiger partial charge in [0, 0.05) is 12.1 Å². The molecule has 0 atom stereocenters. The molecule has 2 aromatic rings. The van der Waals surface area contributed by atoms with Crippen LogP contribution in [0.2, 0.25) is 0 Å². The second-order valence-corrected chi connectivity index (χ2v) is 5.14. The molecule has 1 N–H and O–H groups in total. The third kappa shape index (κ3) is 4.09. The van der Waals surface area contributed by atoms with Gasteiger partial charge in [0.05, 0.1) is 7.11 Å². The molecule has 0 aliphatic heterocycles. The van der Waals surface area contributed by atoms with Crippen molar-refractivity contribution in [3.05, 3.63) is 59.2 Å². The summed E-state index contributed by atoms with van der Waals surface area (Å²) in [5, 5.41) is 2.98. The Morgan fingerprint density at radius 1 is 1.10 bits per heavy atom. The number of ether oxygens (including phenoxy) is 1. The number of anilines is 1. The van der Waals surface area contributed by atoms with Gasteiger partial charge >= 0.3 is 0 Å². The van der Waals surface area contributed by atoms with Crippen LogP contribution < -0.4 is 10.1 Å². The molecule has 0 saturated heterocycles. The Kier molecular flexibility index (Phi) is 4.99. The molecule has 0 heterocycles. The molecule has 0 fully saturated rings. The average Bonchev–Trinajstić information content (AvgIpc) is 2.50. The first kappa shape index (κ1) is 15.1. The van der Waals surface area contributed by atoms with Gasteiger partial charge in [-0.15, -0.1) is 0 Å². The average molecular weight is 283 g/mol. The smallest absolute Gasteiger partial charge is 0.224 e. The van der Waals surface area contributed by atoms with Crippen LogP contribution in [0.5, 0.6) is 5.75 Å². The number of rotatable bonds is 5. The Labute approximate surface area is 126 Å². The minimum Gasteiger partial charge on any atom is -0.497 e. The van der Waals surface area contributed by atoms with Crippen molar-refractivity contribution < 1.29 is 9.53 Å². The van der Waals surface area contributed by atoms with E-state index in [1.807, 2.05) is 56.3 Å². The quantitative estimate of drug-likeness (QED) is 0.904. The van der Waals surface area contributed by atoms with Gasteiger partial charge in [-0.1, -0.05) is 24.3 Å². The maximum atomic E-state index is 12.0. The van der Waals surface area contributed by atoms with Crippen molar-refractivity contribution >= 4 is 11.6 Å². The zero-order valence-electron chi connectivity index (χ0n) is 12.8. The fourth-order valence-corrected chi connectivity index (χ4v) is 2.15. The summed E-state index contributed by atoms with van der Waals surface area (Å²) in [6, 6.07) is 13.8. The van der Waals surface area contributed by atoms with Crippen LogP contribution in [0.4, 0.5) is 5.69 Å². The van der Waals surface area contributed by atoms with E-state index in [4.69, 9.17) is 4.74 Å². The molecule has 0 radical (unpaired) electrons. The molecule has 110 valence electrons. The maximum Gasteiger partial charge on any atom is 0.224 e. The third-order valence-corrected chi connectivity index (χ3v) is 3.68. The predicted molar refractivity (Wildman–Crippen MR) is 85.9 cm³/mol. The lowest BCUT2D eigenvalue weighted by molar-refractivity contribution is -0.116. The first-order valence-electron chi connectivity index (χ1n) is 7.09. The zero-order valence-corrected chi connectivity index (χ0v) is 12.8. The molecule has 0 aromatic heterocycles. The summed E-state index contributed by atoms with van der Waals surface area (Å²) in [5.74, 6) is 0.873. The van der Waals surface area contributed by atoms with Gasteiger partial charge in [0.25, 0.3) is 0 Å². The fraction of sp³-hybridized carbons (Fsp3) is 0.278. The molecule has 2 aromatic carbocycles. The highest BCUT2D eigenvalue weighted by Crippen LogP contribution is 2.18. The molecular formula is C18H21NO2. The van der Waals surface area contributed by atoms with E-state index in [0.29, 0.717) is 6.42 Å². The van der Waals surface area contributed by atoms with Gasteiger partial charge in [0.2, 0.25) is 5.91 Å². The van der Waals surface area contributed by atoms with Crippen molar-refractivity contribution in [1.82, 2.24) is 0 Å². The Morgan fingerprint density at radius 2 is 1.81 bits per heavy atom. The van der Waals surface area contributed by atoms with Crippen LogP contribution in [-0.2, 0) is 11.2 Å². The van der Waals surface area contributed by atoms with E-state index in [1.165, 1.54) is 5.56 Å². The van der Waals surface area contributed by atoms with E-state index in [0.717, 1.165) is 29.0 Å². The van der Waals surface area contributed by atoms with Crippen molar-refractivity contribution in [2.24, 2.45) is 0 Å². The maximum absolute atomic E-state index is 12.0. The normalized spacial score (nSPS) is 10.2. The lowest BCUT2D eigenvalue weighted by atomic mass is 10.1. The third-order valence-electron chi connectivity index (χ3n) is 3.68. The molecule has 0 aliphatic rings. The monoisotopic (exact) mass is 283 g/mol. The number of benzene rings is 2. The highest BCUT2D eigenvalue weighted by Gasteiger charge is 2.06. The van der Waals surface area contributed by atoms with Crippen LogP contribution in [-0.4, -0.2) is 13.0 Å². The molecular weight excluding hydrogens is 262 g/mol. The Hall–Kier alpha value is -2.29. The lowest BCUT2D eigenvalue weighted by Crippen LogP contribution is -2.13. The second kappa shape index (κ2) is 6.93. The molecule has 0 spiro atoms. The van der Waals surface area contributed by atoms with E-state index in [1.54, 1.807) is 7.11 Å². The Morgan fingerprint density at radius 3 is 2.48 bits per heavy atom. The topological polar surface area (TPSA) is 38.3 Å². The van der Waals surface area contributed by atoms with E-state index >= 15 is 0 Å². The largest absolute Gasteiger partial charge is 0.497 e. The highest BCUT2D eigenvalue weighted by molar-refractivity contribution is 5.91. The summed E-state index contributed by atoms with van der Waals surface area (Å²) < 4.78 is 5.12. The zero-order chi connectivity index (χ0) is 15.2. The van der Waals surface area contributed by atoms with Gasteiger partial charge in [0.15, 0.2) is 0 Å². The summed E-state index contributed by atoms with van der Waals surface area (Å²) >= 11 is 0. The molecule has 21 heavy (non-hydrogen) atoms. The number of hydrogen-bond acceptors (Lipinski definition) is 2. The number of aryl methyl sites for hydroxylation is 2. The number of carbonyl (C=O) groups is 1. The van der Waals surface area contributed by atoms with E-state index in [2.05, 4.69) is 5.32 Å². The van der Waals surface area contributed by atoms with Gasteiger partial charge in [-0.2, -0.15) is 0 Å². The molecule has 0 saturated carbocycles. The van der Waals surface area contributed by atoms with E-state index < -0.39 is 0 Å². The summed E-state index contributed by atoms with van der Waals surface area (Å²) in [6.45, 7) is 4.07. The van der Waals surface area contributed by atoms with Crippen molar-refractivity contribution in [3.8, 4) is 5.75 Å². The molecule has 1 amide bonds. The first-order chi connectivity index (χ1) is 10.1. The number of nitrogens with one attached hydrogen (secondary N) is 1. The predicted octanol–water partition coefficient (Wildman–Crippen LogP) is 3.88. The fourth-order valence-electron chi connectivity index (χ4n) is 2.15. The lowest BCUT2D eigenvalue weighted by Gasteiger charge is -2.10. The van der Waals surface area contributed by atoms with Gasteiger partial charge in [-0.3, -0.25) is 4.79 Å². The number of carbonyl (C=O) groups excluding carboxylic acids is 1. The minimum absolute atomic E-state index is 0.0412. The highest BCUT2D eigenvalue weighted by atomic mass is 16.5. The van der Waals surface area contributed by atoms with Crippen LogP contribution in [0, 0.1) is 13.8 Å². The Bertz CT molecular complexity index is 618. The van der Waals surface area contributed by atoms with Crippen molar-refractivity contribution in [2.75, 3.05) is 12.4 Å². The molecule has 2 rings (SSSR count). The van der Waals surface area contributed by atoms with Crippen LogP contribution in [0.3, 0.4) is 0 Å². The van der Waals surface area contributed by atoms with Crippen molar-refractivity contribution in [2.45, 2.75) is 26.7 Å². The molecule has 0 unspecified atom stereocenters. The number of methoxy groups -OCH3 is 1. The van der Waals surface area contributed by atoms with Crippen LogP contribution in [0.1, 0.15) is 23.1 Å². The summed E-state index contributed by atoms with van der Waals surface area (Å²) in [7, 11) is 1.65. The summed E-state index contributed by atoms with van der Waals surface area (Å²) in [6.07, 6.45) is 1.19. The van der Waals surface area contributed by atoms with Crippen molar-refractivity contribution in [3.63, 3.8) is 0 Å². The summed E-state index contributed by atoms with van der Waals surface area (Å²) in [5.41, 5.74) is 4.33. The van der Waals surface area contributed by atoms with Gasteiger partial charge in [-0.25, -0.2) is 0 Å².